The highest BCUT2D eigenvalue weighted by molar-refractivity contribution is 5.17. The standard InChI is InChI=1S/C12H16N2O/c1-2-8(13-5-1)12-11-7(6-14-12)9-3-4-10(11)15-9/h1-2,5,7,9-14H,3-4,6H2/t7-,9+,10-,11-,12-/m1/s1. The molecule has 0 spiro atoms. The maximum atomic E-state index is 6.01. The van der Waals surface area contributed by atoms with Crippen molar-refractivity contribution in [3.63, 3.8) is 0 Å². The molecule has 0 aromatic carbocycles. The third kappa shape index (κ3) is 1.02. The summed E-state index contributed by atoms with van der Waals surface area (Å²) in [6, 6.07) is 4.77. The van der Waals surface area contributed by atoms with E-state index in [1.807, 2.05) is 6.20 Å². The first-order valence-electron chi connectivity index (χ1n) is 5.95. The second kappa shape index (κ2) is 2.86. The van der Waals surface area contributed by atoms with Crippen molar-refractivity contribution in [1.82, 2.24) is 10.3 Å². The zero-order valence-corrected chi connectivity index (χ0v) is 8.65. The molecule has 5 atom stereocenters. The van der Waals surface area contributed by atoms with Gasteiger partial charge in [0.1, 0.15) is 0 Å². The zero-order chi connectivity index (χ0) is 9.83. The molecule has 3 aliphatic rings. The Kier molecular flexibility index (Phi) is 1.60. The molecule has 1 aromatic rings. The van der Waals surface area contributed by atoms with Crippen LogP contribution in [0, 0.1) is 11.8 Å². The summed E-state index contributed by atoms with van der Waals surface area (Å²) in [6.07, 6.45) is 5.63. The molecule has 4 heterocycles. The highest BCUT2D eigenvalue weighted by Gasteiger charge is 2.55. The smallest absolute Gasteiger partial charge is 0.0631 e. The van der Waals surface area contributed by atoms with Gasteiger partial charge in [0.25, 0.3) is 0 Å². The highest BCUT2D eigenvalue weighted by Crippen LogP contribution is 2.51. The normalized spacial score (nSPS) is 47.3. The van der Waals surface area contributed by atoms with E-state index in [-0.39, 0.29) is 0 Å². The van der Waals surface area contributed by atoms with Crippen molar-refractivity contribution in [3.05, 3.63) is 24.0 Å². The summed E-state index contributed by atoms with van der Waals surface area (Å²) in [5.74, 6) is 1.47. The molecule has 3 heteroatoms. The average molecular weight is 204 g/mol. The molecule has 80 valence electrons. The van der Waals surface area contributed by atoms with Crippen molar-refractivity contribution in [3.8, 4) is 0 Å². The third-order valence-electron chi connectivity index (χ3n) is 4.40. The Hall–Kier alpha value is -0.800. The number of aromatic amines is 1. The first-order chi connectivity index (χ1) is 7.43. The van der Waals surface area contributed by atoms with Gasteiger partial charge in [-0.15, -0.1) is 0 Å². The Labute approximate surface area is 89.2 Å². The molecular formula is C12H16N2O. The molecule has 3 aliphatic heterocycles. The van der Waals surface area contributed by atoms with E-state index in [4.69, 9.17) is 4.74 Å². The summed E-state index contributed by atoms with van der Waals surface area (Å²) in [7, 11) is 0. The fraction of sp³-hybridized carbons (Fsp3) is 0.667. The molecule has 0 saturated carbocycles. The summed E-state index contributed by atoms with van der Waals surface area (Å²) in [5, 5.41) is 3.65. The molecule has 3 saturated heterocycles. The Morgan fingerprint density at radius 3 is 3.07 bits per heavy atom. The first-order valence-corrected chi connectivity index (χ1v) is 5.95. The van der Waals surface area contributed by atoms with Crippen LogP contribution in [0.15, 0.2) is 18.3 Å². The fourth-order valence-corrected chi connectivity index (χ4v) is 3.79. The van der Waals surface area contributed by atoms with Gasteiger partial charge < -0.3 is 15.0 Å². The van der Waals surface area contributed by atoms with E-state index < -0.39 is 0 Å². The summed E-state index contributed by atoms with van der Waals surface area (Å²) < 4.78 is 6.01. The third-order valence-corrected chi connectivity index (χ3v) is 4.40. The van der Waals surface area contributed by atoms with E-state index in [9.17, 15) is 0 Å². The first kappa shape index (κ1) is 8.36. The number of fused-ring (bicyclic) bond motifs is 5. The quantitative estimate of drug-likeness (QED) is 0.726. The molecular weight excluding hydrogens is 188 g/mol. The molecule has 2 bridgehead atoms. The Bertz CT molecular complexity index is 362. The van der Waals surface area contributed by atoms with E-state index in [0.29, 0.717) is 24.2 Å². The van der Waals surface area contributed by atoms with E-state index in [1.54, 1.807) is 0 Å². The zero-order valence-electron chi connectivity index (χ0n) is 8.65. The van der Waals surface area contributed by atoms with Crippen molar-refractivity contribution in [2.45, 2.75) is 31.1 Å². The number of rotatable bonds is 1. The van der Waals surface area contributed by atoms with Crippen molar-refractivity contribution < 1.29 is 4.74 Å². The van der Waals surface area contributed by atoms with Crippen molar-refractivity contribution in [1.29, 1.82) is 0 Å². The monoisotopic (exact) mass is 204 g/mol. The number of aromatic nitrogens is 1. The maximum Gasteiger partial charge on any atom is 0.0631 e. The number of hydrogen-bond acceptors (Lipinski definition) is 2. The lowest BCUT2D eigenvalue weighted by atomic mass is 9.78. The van der Waals surface area contributed by atoms with Crippen molar-refractivity contribution >= 4 is 0 Å². The van der Waals surface area contributed by atoms with Gasteiger partial charge in [-0.2, -0.15) is 0 Å². The van der Waals surface area contributed by atoms with E-state index in [0.717, 1.165) is 12.5 Å². The van der Waals surface area contributed by atoms with Crippen molar-refractivity contribution in [2.75, 3.05) is 6.54 Å². The highest BCUT2D eigenvalue weighted by atomic mass is 16.5. The lowest BCUT2D eigenvalue weighted by molar-refractivity contribution is 0.0778. The lowest BCUT2D eigenvalue weighted by Crippen LogP contribution is -2.27. The molecule has 4 rings (SSSR count). The van der Waals surface area contributed by atoms with Crippen LogP contribution in [0.5, 0.6) is 0 Å². The molecule has 3 nitrogen and oxygen atoms in total. The van der Waals surface area contributed by atoms with Gasteiger partial charge in [-0.05, 0) is 25.0 Å². The van der Waals surface area contributed by atoms with Crippen LogP contribution in [0.2, 0.25) is 0 Å². The van der Waals surface area contributed by atoms with Crippen LogP contribution in [0.1, 0.15) is 24.6 Å². The molecule has 0 amide bonds. The molecule has 0 aliphatic carbocycles. The summed E-state index contributed by atoms with van der Waals surface area (Å²) in [6.45, 7) is 1.13. The van der Waals surface area contributed by atoms with Gasteiger partial charge in [-0.1, -0.05) is 0 Å². The van der Waals surface area contributed by atoms with E-state index in [2.05, 4.69) is 22.4 Å². The number of hydrogen-bond donors (Lipinski definition) is 2. The Balaban J connectivity index is 1.68. The minimum atomic E-state index is 0.500. The fourth-order valence-electron chi connectivity index (χ4n) is 3.79. The predicted octanol–water partition coefficient (Wildman–Crippen LogP) is 1.45. The minimum absolute atomic E-state index is 0.500. The van der Waals surface area contributed by atoms with Gasteiger partial charge in [-0.25, -0.2) is 0 Å². The van der Waals surface area contributed by atoms with E-state index >= 15 is 0 Å². The molecule has 3 fully saturated rings. The van der Waals surface area contributed by atoms with Crippen molar-refractivity contribution in [2.24, 2.45) is 11.8 Å². The predicted molar refractivity (Wildman–Crippen MR) is 56.4 cm³/mol. The number of ether oxygens (including phenoxy) is 1. The van der Waals surface area contributed by atoms with Gasteiger partial charge in [0.05, 0.1) is 18.2 Å². The van der Waals surface area contributed by atoms with Gasteiger partial charge in [0, 0.05) is 30.3 Å². The molecule has 0 radical (unpaired) electrons. The maximum absolute atomic E-state index is 6.01. The van der Waals surface area contributed by atoms with Crippen LogP contribution in [0.3, 0.4) is 0 Å². The van der Waals surface area contributed by atoms with Crippen LogP contribution in [0.4, 0.5) is 0 Å². The van der Waals surface area contributed by atoms with Gasteiger partial charge >= 0.3 is 0 Å². The lowest BCUT2D eigenvalue weighted by Gasteiger charge is -2.24. The largest absolute Gasteiger partial charge is 0.374 e. The number of H-pyrrole nitrogens is 1. The van der Waals surface area contributed by atoms with Gasteiger partial charge in [-0.3, -0.25) is 0 Å². The molecule has 1 aromatic heterocycles. The Morgan fingerprint density at radius 2 is 2.20 bits per heavy atom. The summed E-state index contributed by atoms with van der Waals surface area (Å²) in [4.78, 5) is 3.33. The summed E-state index contributed by atoms with van der Waals surface area (Å²) in [5.41, 5.74) is 1.33. The van der Waals surface area contributed by atoms with Gasteiger partial charge in [0.15, 0.2) is 0 Å². The minimum Gasteiger partial charge on any atom is -0.374 e. The second-order valence-corrected chi connectivity index (χ2v) is 5.04. The summed E-state index contributed by atoms with van der Waals surface area (Å²) >= 11 is 0. The molecule has 0 unspecified atom stereocenters. The molecule has 15 heavy (non-hydrogen) atoms. The van der Waals surface area contributed by atoms with Crippen LogP contribution >= 0.6 is 0 Å². The van der Waals surface area contributed by atoms with Crippen LogP contribution < -0.4 is 5.32 Å². The van der Waals surface area contributed by atoms with Crippen LogP contribution in [0.25, 0.3) is 0 Å². The topological polar surface area (TPSA) is 37.0 Å². The van der Waals surface area contributed by atoms with Crippen LogP contribution in [-0.4, -0.2) is 23.7 Å². The van der Waals surface area contributed by atoms with E-state index in [1.165, 1.54) is 18.5 Å². The average Bonchev–Trinajstić information content (AvgIpc) is 3.01. The second-order valence-electron chi connectivity index (χ2n) is 5.04. The van der Waals surface area contributed by atoms with Gasteiger partial charge in [0.2, 0.25) is 0 Å². The Morgan fingerprint density at radius 1 is 1.27 bits per heavy atom. The van der Waals surface area contributed by atoms with Crippen LogP contribution in [-0.2, 0) is 4.74 Å². The molecule has 2 N–H and O–H groups in total. The number of nitrogens with one attached hydrogen (secondary N) is 2. The SMILES string of the molecule is c1c[nH]c([C@H]2NC[C@H]3[C@@H]2[C@H]2CC[C@@H]3O2)c1.